The van der Waals surface area contributed by atoms with Gasteiger partial charge in [-0.05, 0) is 6.42 Å². The Bertz CT molecular complexity index is 132. The lowest BCUT2D eigenvalue weighted by molar-refractivity contribution is -0.137. The molecule has 10 heavy (non-hydrogen) atoms. The van der Waals surface area contributed by atoms with Crippen LogP contribution in [-0.4, -0.2) is 18.2 Å². The molecule has 1 radical (unpaired) electrons. The molecular formula is C7H12NO2. The summed E-state index contributed by atoms with van der Waals surface area (Å²) in [5.41, 5.74) is 0. The highest BCUT2D eigenvalue weighted by atomic mass is 16.2. The summed E-state index contributed by atoms with van der Waals surface area (Å²) in [5, 5.41) is 2.43. The van der Waals surface area contributed by atoms with Gasteiger partial charge in [-0.15, -0.1) is 0 Å². The third kappa shape index (κ3) is 3.22. The van der Waals surface area contributed by atoms with E-state index < -0.39 is 5.91 Å². The van der Waals surface area contributed by atoms with Crippen molar-refractivity contribution < 1.29 is 9.59 Å². The van der Waals surface area contributed by atoms with Gasteiger partial charge in [0.05, 0.1) is 0 Å². The molecule has 0 bridgehead atoms. The van der Waals surface area contributed by atoms with E-state index in [1.807, 2.05) is 0 Å². The third-order valence-electron chi connectivity index (χ3n) is 1.04. The molecule has 0 aliphatic heterocycles. The monoisotopic (exact) mass is 142 g/mol. The van der Waals surface area contributed by atoms with Gasteiger partial charge < -0.3 is 5.32 Å². The summed E-state index contributed by atoms with van der Waals surface area (Å²) >= 11 is 0. The highest BCUT2D eigenvalue weighted by Crippen LogP contribution is 1.80. The Kier molecular flexibility index (Phi) is 4.54. The van der Waals surface area contributed by atoms with Crippen molar-refractivity contribution in [2.24, 2.45) is 0 Å². The van der Waals surface area contributed by atoms with Crippen LogP contribution in [0.3, 0.4) is 0 Å². The van der Waals surface area contributed by atoms with Crippen molar-refractivity contribution in [3.8, 4) is 0 Å². The second-order valence-corrected chi connectivity index (χ2v) is 1.89. The van der Waals surface area contributed by atoms with E-state index in [2.05, 4.69) is 12.2 Å². The Balaban J connectivity index is 3.52. The van der Waals surface area contributed by atoms with E-state index in [9.17, 15) is 9.59 Å². The lowest BCUT2D eigenvalue weighted by Gasteiger charge is -1.98. The van der Waals surface area contributed by atoms with Crippen LogP contribution in [0.5, 0.6) is 0 Å². The van der Waals surface area contributed by atoms with Gasteiger partial charge in [-0.1, -0.05) is 13.8 Å². The molecule has 0 atom stereocenters. The number of ketones is 1. The van der Waals surface area contributed by atoms with E-state index in [0.29, 0.717) is 13.0 Å². The maximum Gasteiger partial charge on any atom is 0.287 e. The molecule has 1 N–H and O–H groups in total. The molecule has 0 aromatic carbocycles. The van der Waals surface area contributed by atoms with Gasteiger partial charge in [-0.2, -0.15) is 0 Å². The standard InChI is InChI=1S/C7H12NO2/c1-3-5-8-7(10)6(9)4-2/h1,3-5H2,2H3,(H,8,10). The molecule has 0 heterocycles. The molecule has 0 unspecified atom stereocenters. The van der Waals surface area contributed by atoms with Gasteiger partial charge in [0.1, 0.15) is 0 Å². The van der Waals surface area contributed by atoms with Crippen LogP contribution in [0.4, 0.5) is 0 Å². The van der Waals surface area contributed by atoms with E-state index in [1.165, 1.54) is 0 Å². The van der Waals surface area contributed by atoms with Gasteiger partial charge in [0.2, 0.25) is 5.78 Å². The zero-order valence-corrected chi connectivity index (χ0v) is 6.14. The SMILES string of the molecule is [CH2]CCNC(=O)C(=O)CC. The first kappa shape index (κ1) is 9.14. The summed E-state index contributed by atoms with van der Waals surface area (Å²) in [6, 6.07) is 0. The summed E-state index contributed by atoms with van der Waals surface area (Å²) in [5.74, 6) is -0.861. The molecule has 0 saturated heterocycles. The summed E-state index contributed by atoms with van der Waals surface area (Å²) in [7, 11) is 0. The molecule has 0 aromatic rings. The molecule has 1 amide bonds. The van der Waals surface area contributed by atoms with Gasteiger partial charge in [0.25, 0.3) is 5.91 Å². The number of nitrogens with one attached hydrogen (secondary N) is 1. The number of amides is 1. The molecule has 3 heteroatoms. The molecule has 0 aliphatic rings. The fourth-order valence-corrected chi connectivity index (χ4v) is 0.461. The highest BCUT2D eigenvalue weighted by Gasteiger charge is 2.07. The highest BCUT2D eigenvalue weighted by molar-refractivity contribution is 6.36. The maximum absolute atomic E-state index is 10.6. The quantitative estimate of drug-likeness (QED) is 0.574. The zero-order valence-electron chi connectivity index (χ0n) is 6.14. The maximum atomic E-state index is 10.6. The Morgan fingerprint density at radius 2 is 2.10 bits per heavy atom. The predicted octanol–water partition coefficient (Wildman–Crippen LogP) is 0.306. The Hall–Kier alpha value is -0.860. The summed E-state index contributed by atoms with van der Waals surface area (Å²) in [6.07, 6.45) is 0.881. The first-order chi connectivity index (χ1) is 4.72. The van der Waals surface area contributed by atoms with Crippen molar-refractivity contribution in [2.45, 2.75) is 19.8 Å². The molecule has 0 aromatic heterocycles. The zero-order chi connectivity index (χ0) is 7.98. The van der Waals surface area contributed by atoms with Crippen LogP contribution in [0.15, 0.2) is 0 Å². The number of rotatable bonds is 4. The molecule has 0 spiro atoms. The molecule has 0 saturated carbocycles. The lowest BCUT2D eigenvalue weighted by Crippen LogP contribution is -2.30. The van der Waals surface area contributed by atoms with Gasteiger partial charge in [0.15, 0.2) is 0 Å². The summed E-state index contributed by atoms with van der Waals surface area (Å²) < 4.78 is 0. The van der Waals surface area contributed by atoms with E-state index in [0.717, 1.165) is 0 Å². The minimum Gasteiger partial charge on any atom is -0.350 e. The van der Waals surface area contributed by atoms with Crippen LogP contribution >= 0.6 is 0 Å². The van der Waals surface area contributed by atoms with Crippen molar-refractivity contribution in [1.29, 1.82) is 0 Å². The van der Waals surface area contributed by atoms with Gasteiger partial charge in [0, 0.05) is 13.0 Å². The van der Waals surface area contributed by atoms with Crippen LogP contribution < -0.4 is 5.32 Å². The molecule has 3 nitrogen and oxygen atoms in total. The fraction of sp³-hybridized carbons (Fsp3) is 0.571. The minimum absolute atomic E-state index is 0.267. The number of hydrogen-bond donors (Lipinski definition) is 1. The normalized spacial score (nSPS) is 9.00. The Labute approximate surface area is 60.8 Å². The van der Waals surface area contributed by atoms with Crippen LogP contribution in [0.25, 0.3) is 0 Å². The van der Waals surface area contributed by atoms with Crippen molar-refractivity contribution >= 4 is 11.7 Å². The topological polar surface area (TPSA) is 46.2 Å². The predicted molar refractivity (Wildman–Crippen MR) is 38.3 cm³/mol. The van der Waals surface area contributed by atoms with Gasteiger partial charge in [-0.25, -0.2) is 0 Å². The molecular weight excluding hydrogens is 130 g/mol. The van der Waals surface area contributed by atoms with E-state index >= 15 is 0 Å². The average Bonchev–Trinajstić information content (AvgIpc) is 1.98. The second kappa shape index (κ2) is 4.97. The number of Topliss-reactive ketones (excluding diaryl/α,β-unsaturated/α-hetero) is 1. The van der Waals surface area contributed by atoms with Crippen molar-refractivity contribution in [2.75, 3.05) is 6.54 Å². The van der Waals surface area contributed by atoms with Gasteiger partial charge >= 0.3 is 0 Å². The number of carbonyl (C=O) groups is 2. The number of hydrogen-bond acceptors (Lipinski definition) is 2. The first-order valence-corrected chi connectivity index (χ1v) is 3.32. The molecule has 57 valence electrons. The number of carbonyl (C=O) groups excluding carboxylic acids is 2. The van der Waals surface area contributed by atoms with E-state index in [1.54, 1.807) is 6.92 Å². The van der Waals surface area contributed by atoms with Crippen LogP contribution in [-0.2, 0) is 9.59 Å². The molecule has 0 aliphatic carbocycles. The summed E-state index contributed by atoms with van der Waals surface area (Å²) in [6.45, 7) is 5.65. The van der Waals surface area contributed by atoms with E-state index in [-0.39, 0.29) is 12.2 Å². The first-order valence-electron chi connectivity index (χ1n) is 3.32. The van der Waals surface area contributed by atoms with Gasteiger partial charge in [-0.3, -0.25) is 9.59 Å². The largest absolute Gasteiger partial charge is 0.350 e. The second-order valence-electron chi connectivity index (χ2n) is 1.89. The minimum atomic E-state index is -0.494. The fourth-order valence-electron chi connectivity index (χ4n) is 0.461. The van der Waals surface area contributed by atoms with Crippen LogP contribution in [0.2, 0.25) is 0 Å². The van der Waals surface area contributed by atoms with Crippen molar-refractivity contribution in [3.05, 3.63) is 6.92 Å². The Morgan fingerprint density at radius 3 is 2.50 bits per heavy atom. The Morgan fingerprint density at radius 1 is 1.50 bits per heavy atom. The van der Waals surface area contributed by atoms with Crippen LogP contribution in [0, 0.1) is 6.92 Å². The average molecular weight is 142 g/mol. The van der Waals surface area contributed by atoms with Crippen molar-refractivity contribution in [3.63, 3.8) is 0 Å². The van der Waals surface area contributed by atoms with Crippen molar-refractivity contribution in [1.82, 2.24) is 5.32 Å². The lowest BCUT2D eigenvalue weighted by atomic mass is 10.3. The van der Waals surface area contributed by atoms with E-state index in [4.69, 9.17) is 0 Å². The summed E-state index contributed by atoms with van der Waals surface area (Å²) in [4.78, 5) is 21.2. The smallest absolute Gasteiger partial charge is 0.287 e. The third-order valence-corrected chi connectivity index (χ3v) is 1.04. The molecule has 0 rings (SSSR count). The molecule has 0 fully saturated rings. The van der Waals surface area contributed by atoms with Crippen LogP contribution in [0.1, 0.15) is 19.8 Å².